The van der Waals surface area contributed by atoms with Gasteiger partial charge >= 0.3 is 0 Å². The highest BCUT2D eigenvalue weighted by molar-refractivity contribution is 6.30. The molecule has 198 valence electrons. The molecule has 2 aromatic heterocycles. The van der Waals surface area contributed by atoms with Gasteiger partial charge in [-0.2, -0.15) is 0 Å². The maximum absolute atomic E-state index is 14.1. The Labute approximate surface area is 225 Å². The van der Waals surface area contributed by atoms with Gasteiger partial charge in [-0.1, -0.05) is 23.7 Å². The summed E-state index contributed by atoms with van der Waals surface area (Å²) in [7, 11) is 0. The molecule has 1 fully saturated rings. The molecule has 4 aromatic rings. The van der Waals surface area contributed by atoms with Crippen molar-refractivity contribution in [3.05, 3.63) is 83.1 Å². The summed E-state index contributed by atoms with van der Waals surface area (Å²) in [5, 5.41) is 5.11. The molecule has 0 bridgehead atoms. The van der Waals surface area contributed by atoms with E-state index < -0.39 is 11.6 Å². The molecule has 9 heteroatoms. The highest BCUT2D eigenvalue weighted by Crippen LogP contribution is 2.37. The predicted molar refractivity (Wildman–Crippen MR) is 148 cm³/mol. The van der Waals surface area contributed by atoms with E-state index in [1.165, 1.54) is 12.1 Å². The summed E-state index contributed by atoms with van der Waals surface area (Å²) < 4.78 is 28.3. The molecular formula is C29H30ClF2N5O. The number of benzene rings is 2. The highest BCUT2D eigenvalue weighted by Gasteiger charge is 2.32. The van der Waals surface area contributed by atoms with Crippen molar-refractivity contribution in [1.29, 1.82) is 0 Å². The minimum atomic E-state index is -0.630. The molecule has 6 nitrogen and oxygen atoms in total. The lowest BCUT2D eigenvalue weighted by atomic mass is 9.95. The number of nitrogens with zero attached hydrogens (tertiary/aromatic N) is 3. The number of aldehydes is 1. The van der Waals surface area contributed by atoms with Gasteiger partial charge in [-0.25, -0.2) is 13.8 Å². The largest absolute Gasteiger partial charge is 0.368 e. The third-order valence-electron chi connectivity index (χ3n) is 7.00. The lowest BCUT2D eigenvalue weighted by Crippen LogP contribution is -2.58. The second-order valence-electron chi connectivity index (χ2n) is 9.92. The Balaban J connectivity index is 1.45. The van der Waals surface area contributed by atoms with Gasteiger partial charge in [-0.05, 0) is 55.3 Å². The number of H-pyrrole nitrogens is 1. The molecule has 0 spiro atoms. The second kappa shape index (κ2) is 11.2. The lowest BCUT2D eigenvalue weighted by molar-refractivity contribution is -0.111. The van der Waals surface area contributed by atoms with E-state index in [9.17, 15) is 13.6 Å². The number of aromatic amines is 1. The van der Waals surface area contributed by atoms with Gasteiger partial charge in [0.25, 0.3) is 0 Å². The Morgan fingerprint density at radius 3 is 2.34 bits per heavy atom. The third kappa shape index (κ3) is 5.43. The smallest absolute Gasteiger partial charge is 0.139 e. The Kier molecular flexibility index (Phi) is 7.74. The standard InChI is InChI=1S/C29H30ClF2N5O/c1-18(2)35-29(26(17-38)19-3-5-21(30)6-4-19)37-11-9-36(10-12-37)27-24-7-8-33-28(24)34-16-25(27)20-13-22(31)15-23(32)14-20/h3-8,13-18,26,29,35H,9-12H2,1-2H3,(H,33,34). The maximum atomic E-state index is 14.1. The predicted octanol–water partition coefficient (Wildman–Crippen LogP) is 5.59. The van der Waals surface area contributed by atoms with E-state index in [1.807, 2.05) is 24.4 Å². The number of aromatic nitrogens is 2. The molecule has 0 radical (unpaired) electrons. The number of fused-ring (bicyclic) bond motifs is 1. The fourth-order valence-corrected chi connectivity index (χ4v) is 5.40. The zero-order chi connectivity index (χ0) is 26.8. The number of anilines is 1. The van der Waals surface area contributed by atoms with Gasteiger partial charge in [0.1, 0.15) is 23.6 Å². The van der Waals surface area contributed by atoms with Crippen LogP contribution in [-0.2, 0) is 4.79 Å². The van der Waals surface area contributed by atoms with Crippen LogP contribution < -0.4 is 10.2 Å². The first-order valence-electron chi connectivity index (χ1n) is 12.7. The number of pyridine rings is 1. The van der Waals surface area contributed by atoms with Crippen LogP contribution in [0.25, 0.3) is 22.2 Å². The monoisotopic (exact) mass is 537 g/mol. The number of carbonyl (C=O) groups excluding carboxylic acids is 1. The van der Waals surface area contributed by atoms with Crippen LogP contribution in [0, 0.1) is 11.6 Å². The van der Waals surface area contributed by atoms with Crippen LogP contribution in [0.5, 0.6) is 0 Å². The molecule has 38 heavy (non-hydrogen) atoms. The lowest BCUT2D eigenvalue weighted by Gasteiger charge is -2.43. The van der Waals surface area contributed by atoms with Crippen molar-refractivity contribution >= 4 is 34.6 Å². The fourth-order valence-electron chi connectivity index (χ4n) is 5.28. The molecule has 0 saturated carbocycles. The van der Waals surface area contributed by atoms with Gasteiger partial charge < -0.3 is 14.7 Å². The summed E-state index contributed by atoms with van der Waals surface area (Å²) in [6.45, 7) is 6.84. The van der Waals surface area contributed by atoms with Gasteiger partial charge in [-0.3, -0.25) is 10.2 Å². The maximum Gasteiger partial charge on any atom is 0.139 e. The molecule has 1 aliphatic heterocycles. The molecule has 5 rings (SSSR count). The van der Waals surface area contributed by atoms with E-state index in [0.717, 1.165) is 29.0 Å². The average Bonchev–Trinajstić information content (AvgIpc) is 3.37. The topological polar surface area (TPSA) is 64.3 Å². The van der Waals surface area contributed by atoms with Crippen LogP contribution in [0.3, 0.4) is 0 Å². The zero-order valence-electron chi connectivity index (χ0n) is 21.3. The third-order valence-corrected chi connectivity index (χ3v) is 7.25. The Bertz CT molecular complexity index is 1400. The van der Waals surface area contributed by atoms with Crippen LogP contribution in [0.4, 0.5) is 14.5 Å². The summed E-state index contributed by atoms with van der Waals surface area (Å²) in [5.74, 6) is -1.63. The molecule has 2 aromatic carbocycles. The van der Waals surface area contributed by atoms with Crippen molar-refractivity contribution in [1.82, 2.24) is 20.2 Å². The van der Waals surface area contributed by atoms with Crippen molar-refractivity contribution in [2.24, 2.45) is 0 Å². The first kappa shape index (κ1) is 26.3. The number of nitrogens with one attached hydrogen (secondary N) is 2. The molecule has 1 saturated heterocycles. The number of piperazine rings is 1. The highest BCUT2D eigenvalue weighted by atomic mass is 35.5. The first-order chi connectivity index (χ1) is 18.3. The molecular weight excluding hydrogens is 508 g/mol. The van der Waals surface area contributed by atoms with Crippen molar-refractivity contribution in [3.8, 4) is 11.1 Å². The Hall–Kier alpha value is -3.33. The summed E-state index contributed by atoms with van der Waals surface area (Å²) >= 11 is 6.09. The van der Waals surface area contributed by atoms with Gasteiger partial charge in [0.05, 0.1) is 17.8 Å². The van der Waals surface area contributed by atoms with Crippen molar-refractivity contribution < 1.29 is 13.6 Å². The second-order valence-corrected chi connectivity index (χ2v) is 10.4. The van der Waals surface area contributed by atoms with E-state index in [-0.39, 0.29) is 18.1 Å². The van der Waals surface area contributed by atoms with E-state index >= 15 is 0 Å². The van der Waals surface area contributed by atoms with E-state index in [2.05, 4.69) is 38.9 Å². The van der Waals surface area contributed by atoms with Crippen LogP contribution in [0.2, 0.25) is 5.02 Å². The Morgan fingerprint density at radius 2 is 1.71 bits per heavy atom. The van der Waals surface area contributed by atoms with Crippen molar-refractivity contribution in [3.63, 3.8) is 0 Å². The summed E-state index contributed by atoms with van der Waals surface area (Å²) in [6, 6.07) is 13.1. The van der Waals surface area contributed by atoms with Crippen molar-refractivity contribution in [2.45, 2.75) is 32.0 Å². The zero-order valence-corrected chi connectivity index (χ0v) is 22.1. The van der Waals surface area contributed by atoms with E-state index in [4.69, 9.17) is 11.6 Å². The molecule has 3 heterocycles. The molecule has 0 amide bonds. The van der Waals surface area contributed by atoms with Crippen molar-refractivity contribution in [2.75, 3.05) is 31.1 Å². The summed E-state index contributed by atoms with van der Waals surface area (Å²) in [5.41, 5.74) is 3.63. The number of hydrogen-bond donors (Lipinski definition) is 2. The molecule has 1 aliphatic rings. The summed E-state index contributed by atoms with van der Waals surface area (Å²) in [4.78, 5) is 24.5. The number of carbonyl (C=O) groups is 1. The van der Waals surface area contributed by atoms with Gasteiger partial charge in [0, 0.05) is 66.7 Å². The Morgan fingerprint density at radius 1 is 1.03 bits per heavy atom. The molecule has 0 aliphatic carbocycles. The molecule has 2 unspecified atom stereocenters. The van der Waals surface area contributed by atoms with Crippen LogP contribution in [-0.4, -0.2) is 59.5 Å². The van der Waals surface area contributed by atoms with E-state index in [0.29, 0.717) is 48.0 Å². The van der Waals surface area contributed by atoms with E-state index in [1.54, 1.807) is 18.3 Å². The molecule has 2 atom stereocenters. The SMILES string of the molecule is CC(C)NC(C(C=O)c1ccc(Cl)cc1)N1CCN(c2c(-c3cc(F)cc(F)c3)cnc3[nH]ccc23)CC1. The van der Waals surface area contributed by atoms with Crippen LogP contribution in [0.15, 0.2) is 60.9 Å². The first-order valence-corrected chi connectivity index (χ1v) is 13.1. The number of halogens is 3. The summed E-state index contributed by atoms with van der Waals surface area (Å²) in [6.07, 6.45) is 4.29. The number of hydrogen-bond acceptors (Lipinski definition) is 5. The van der Waals surface area contributed by atoms with Gasteiger partial charge in [0.15, 0.2) is 0 Å². The number of rotatable bonds is 8. The minimum absolute atomic E-state index is 0.168. The van der Waals surface area contributed by atoms with Crippen LogP contribution in [0.1, 0.15) is 25.3 Å². The average molecular weight is 538 g/mol. The normalized spacial score (nSPS) is 16.2. The van der Waals surface area contributed by atoms with Gasteiger partial charge in [-0.15, -0.1) is 0 Å². The fraction of sp³-hybridized carbons (Fsp3) is 0.310. The van der Waals surface area contributed by atoms with Gasteiger partial charge in [0.2, 0.25) is 0 Å². The van der Waals surface area contributed by atoms with Crippen LogP contribution >= 0.6 is 11.6 Å². The minimum Gasteiger partial charge on any atom is -0.368 e. The quantitative estimate of drug-likeness (QED) is 0.287. The molecule has 2 N–H and O–H groups in total.